The van der Waals surface area contributed by atoms with Crippen molar-refractivity contribution in [1.82, 2.24) is 0 Å². The largest absolute Gasteiger partial charge is 0.477 e. The highest BCUT2D eigenvalue weighted by molar-refractivity contribution is 5.71. The van der Waals surface area contributed by atoms with E-state index in [1.165, 1.54) is 205 Å². The van der Waals surface area contributed by atoms with Crippen molar-refractivity contribution in [2.45, 2.75) is 334 Å². The smallest absolute Gasteiger partial charge is 0.361 e. The molecule has 9 nitrogen and oxygen atoms in total. The molecule has 0 aromatic rings. The van der Waals surface area contributed by atoms with Gasteiger partial charge in [0.05, 0.1) is 34.4 Å². The average Bonchev–Trinajstić information content (AvgIpc) is 3.42. The predicted molar refractivity (Wildman–Crippen MR) is 337 cm³/mol. The molecule has 462 valence electrons. The van der Waals surface area contributed by atoms with Gasteiger partial charge in [-0.1, -0.05) is 306 Å². The number of carboxylic acid groups (broad SMARTS) is 1. The lowest BCUT2D eigenvalue weighted by Gasteiger charge is -2.25. The lowest BCUT2D eigenvalue weighted by molar-refractivity contribution is -0.870. The van der Waals surface area contributed by atoms with Crippen LogP contribution in [0, 0.1) is 0 Å². The van der Waals surface area contributed by atoms with Crippen LogP contribution in [0.4, 0.5) is 0 Å². The van der Waals surface area contributed by atoms with Crippen molar-refractivity contribution in [3.8, 4) is 0 Å². The van der Waals surface area contributed by atoms with E-state index in [0.29, 0.717) is 23.9 Å². The number of hydrogen-bond acceptors (Lipinski definition) is 7. The third-order valence-electron chi connectivity index (χ3n) is 15.1. The first-order valence-corrected chi connectivity index (χ1v) is 33.8. The first kappa shape index (κ1) is 76.2. The Bertz CT molecular complexity index is 1430. The van der Waals surface area contributed by atoms with Gasteiger partial charge in [0.2, 0.25) is 0 Å². The quantitative estimate of drug-likeness (QED) is 0.0211. The van der Waals surface area contributed by atoms with Crippen molar-refractivity contribution >= 4 is 17.9 Å². The fraction of sp³-hybridized carbons (Fsp3) is 0.843. The van der Waals surface area contributed by atoms with Crippen LogP contribution in [-0.4, -0.2) is 87.4 Å². The number of aliphatic carboxylic acids is 1. The molecule has 0 aromatic heterocycles. The number of esters is 2. The SMILES string of the molecule is CC/C=C\C/C=C\C/C=C\C/C=C\CCCCCCCCC(=O)OC(COC(=O)CCCCCCCCCCCCCCCCCCCCCCCCCCCCCCCCCCCCC)COC(OCC[N+](C)(C)C)C(=O)O. The number of likely N-dealkylation sites (N-methyl/N-ethyl adjacent to an activating group) is 1. The summed E-state index contributed by atoms with van der Waals surface area (Å²) in [5, 5.41) is 9.72. The molecule has 0 rings (SSSR count). The van der Waals surface area contributed by atoms with E-state index < -0.39 is 24.3 Å². The van der Waals surface area contributed by atoms with Crippen LogP contribution in [0.1, 0.15) is 322 Å². The number of quaternary nitrogens is 1. The molecule has 0 aromatic carbocycles. The molecule has 0 saturated heterocycles. The molecule has 2 unspecified atom stereocenters. The van der Waals surface area contributed by atoms with E-state index in [2.05, 4.69) is 62.5 Å². The Morgan fingerprint density at radius 3 is 1.08 bits per heavy atom. The number of carbonyl (C=O) groups excluding carboxylic acids is 2. The molecule has 79 heavy (non-hydrogen) atoms. The number of carbonyl (C=O) groups is 3. The lowest BCUT2D eigenvalue weighted by atomic mass is 10.0. The molecule has 0 fully saturated rings. The van der Waals surface area contributed by atoms with Crippen LogP contribution in [-0.2, 0) is 33.3 Å². The molecule has 0 amide bonds. The lowest BCUT2D eigenvalue weighted by Crippen LogP contribution is -2.40. The van der Waals surface area contributed by atoms with E-state index in [4.69, 9.17) is 18.9 Å². The molecule has 0 bridgehead atoms. The number of ether oxygens (including phenoxy) is 4. The van der Waals surface area contributed by atoms with Gasteiger partial charge in [0, 0.05) is 12.8 Å². The van der Waals surface area contributed by atoms with Crippen LogP contribution < -0.4 is 0 Å². The summed E-state index contributed by atoms with van der Waals surface area (Å²) in [4.78, 5) is 37.5. The summed E-state index contributed by atoms with van der Waals surface area (Å²) in [6, 6.07) is 0. The summed E-state index contributed by atoms with van der Waals surface area (Å²) in [5.74, 6) is -2.01. The number of rotatable bonds is 63. The van der Waals surface area contributed by atoms with Crippen LogP contribution in [0.2, 0.25) is 0 Å². The van der Waals surface area contributed by atoms with E-state index in [1.807, 2.05) is 21.1 Å². The Morgan fingerprint density at radius 2 is 0.722 bits per heavy atom. The second-order valence-electron chi connectivity index (χ2n) is 24.1. The first-order chi connectivity index (χ1) is 38.6. The minimum absolute atomic E-state index is 0.185. The van der Waals surface area contributed by atoms with Crippen LogP contribution in [0.25, 0.3) is 0 Å². The molecular formula is C70H130NO8+. The Morgan fingerprint density at radius 1 is 0.392 bits per heavy atom. The maximum atomic E-state index is 12.9. The van der Waals surface area contributed by atoms with Gasteiger partial charge in [0.15, 0.2) is 6.10 Å². The topological polar surface area (TPSA) is 108 Å². The Balaban J connectivity index is 4.01. The second kappa shape index (κ2) is 61.3. The minimum Gasteiger partial charge on any atom is -0.477 e. The molecule has 0 saturated carbocycles. The van der Waals surface area contributed by atoms with E-state index in [-0.39, 0.29) is 32.2 Å². The zero-order valence-electron chi connectivity index (χ0n) is 52.8. The van der Waals surface area contributed by atoms with Gasteiger partial charge in [-0.15, -0.1) is 0 Å². The zero-order chi connectivity index (χ0) is 57.6. The molecule has 2 atom stereocenters. The maximum absolute atomic E-state index is 12.9. The summed E-state index contributed by atoms with van der Waals surface area (Å²) in [7, 11) is 5.97. The molecule has 0 radical (unpaired) electrons. The molecule has 0 spiro atoms. The number of unbranched alkanes of at least 4 members (excludes halogenated alkanes) is 40. The highest BCUT2D eigenvalue weighted by Crippen LogP contribution is 2.18. The molecular weight excluding hydrogens is 983 g/mol. The number of carboxylic acids is 1. The average molecular weight is 1110 g/mol. The molecule has 0 aliphatic rings. The fourth-order valence-corrected chi connectivity index (χ4v) is 9.95. The van der Waals surface area contributed by atoms with Gasteiger partial charge in [0.25, 0.3) is 6.29 Å². The van der Waals surface area contributed by atoms with Crippen molar-refractivity contribution in [2.24, 2.45) is 0 Å². The third kappa shape index (κ3) is 62.7. The van der Waals surface area contributed by atoms with Gasteiger partial charge < -0.3 is 28.5 Å². The van der Waals surface area contributed by atoms with Crippen LogP contribution in [0.5, 0.6) is 0 Å². The Labute approximate surface area is 489 Å². The van der Waals surface area contributed by atoms with E-state index >= 15 is 0 Å². The van der Waals surface area contributed by atoms with Gasteiger partial charge in [-0.25, -0.2) is 4.79 Å². The standard InChI is InChI=1S/C70H129NO8/c1-6-8-10-12-14-16-18-20-22-24-26-27-28-29-30-31-32-33-34-35-36-37-38-39-40-41-43-44-46-48-50-52-54-56-58-60-67(72)77-64-66(65-78-70(69(74)75)76-63-62-71(3,4)5)79-68(73)61-59-57-55-53-51-49-47-45-42-25-23-21-19-17-15-13-11-9-7-2/h9,11,15,17,21,23,42,45,66,70H,6-8,10,12-14,16,18-20,22,24-41,43-44,46-65H2,1-5H3/p+1/b11-9-,17-15-,23-21-,45-42-. The van der Waals surface area contributed by atoms with Gasteiger partial charge in [-0.2, -0.15) is 0 Å². The number of hydrogen-bond donors (Lipinski definition) is 1. The molecule has 0 aliphatic heterocycles. The second-order valence-corrected chi connectivity index (χ2v) is 24.1. The maximum Gasteiger partial charge on any atom is 0.361 e. The minimum atomic E-state index is -1.51. The summed E-state index contributed by atoms with van der Waals surface area (Å²) in [5.41, 5.74) is 0. The summed E-state index contributed by atoms with van der Waals surface area (Å²) in [6.45, 7) is 4.79. The fourth-order valence-electron chi connectivity index (χ4n) is 9.95. The summed E-state index contributed by atoms with van der Waals surface area (Å²) < 4.78 is 22.9. The van der Waals surface area contributed by atoms with Crippen LogP contribution in [0.15, 0.2) is 48.6 Å². The van der Waals surface area contributed by atoms with Crippen LogP contribution in [0.3, 0.4) is 0 Å². The zero-order valence-corrected chi connectivity index (χ0v) is 52.8. The number of nitrogens with zero attached hydrogens (tertiary/aromatic N) is 1. The Kier molecular flexibility index (Phi) is 59.2. The highest BCUT2D eigenvalue weighted by Gasteiger charge is 2.25. The van der Waals surface area contributed by atoms with E-state index in [9.17, 15) is 19.5 Å². The van der Waals surface area contributed by atoms with Crippen LogP contribution >= 0.6 is 0 Å². The van der Waals surface area contributed by atoms with Crippen molar-refractivity contribution in [3.05, 3.63) is 48.6 Å². The Hall–Kier alpha value is -2.75. The van der Waals surface area contributed by atoms with Gasteiger partial charge in [0.1, 0.15) is 13.2 Å². The molecule has 0 aliphatic carbocycles. The van der Waals surface area contributed by atoms with Crippen molar-refractivity contribution in [2.75, 3.05) is 47.5 Å². The van der Waals surface area contributed by atoms with Gasteiger partial charge >= 0.3 is 17.9 Å². The molecule has 1 N–H and O–H groups in total. The molecule has 9 heteroatoms. The monoisotopic (exact) mass is 1110 g/mol. The van der Waals surface area contributed by atoms with Gasteiger partial charge in [-0.3, -0.25) is 9.59 Å². The highest BCUT2D eigenvalue weighted by atomic mass is 16.7. The summed E-state index contributed by atoms with van der Waals surface area (Å²) >= 11 is 0. The van der Waals surface area contributed by atoms with E-state index in [0.717, 1.165) is 83.5 Å². The van der Waals surface area contributed by atoms with E-state index in [1.54, 1.807) is 0 Å². The molecule has 0 heterocycles. The van der Waals surface area contributed by atoms with Crippen molar-refractivity contribution < 1.29 is 42.9 Å². The normalized spacial score (nSPS) is 13.0. The summed E-state index contributed by atoms with van der Waals surface area (Å²) in [6.07, 6.45) is 75.3. The first-order valence-electron chi connectivity index (χ1n) is 33.8. The van der Waals surface area contributed by atoms with Crippen molar-refractivity contribution in [1.29, 1.82) is 0 Å². The van der Waals surface area contributed by atoms with Gasteiger partial charge in [-0.05, 0) is 51.4 Å². The van der Waals surface area contributed by atoms with Crippen molar-refractivity contribution in [3.63, 3.8) is 0 Å². The number of allylic oxidation sites excluding steroid dienone is 8. The third-order valence-corrected chi connectivity index (χ3v) is 15.1. The predicted octanol–water partition coefficient (Wildman–Crippen LogP) is 20.6.